The molecule has 2 N–H and O–H groups in total. The van der Waals surface area contributed by atoms with Crippen molar-refractivity contribution in [1.82, 2.24) is 5.32 Å². The highest BCUT2D eigenvalue weighted by atomic mass is 16.5. The van der Waals surface area contributed by atoms with Gasteiger partial charge in [-0.2, -0.15) is 0 Å². The number of ether oxygens (including phenoxy) is 1. The summed E-state index contributed by atoms with van der Waals surface area (Å²) >= 11 is 0. The minimum absolute atomic E-state index is 0.163. The molecule has 1 aliphatic carbocycles. The molecule has 1 aromatic carbocycles. The van der Waals surface area contributed by atoms with E-state index in [9.17, 15) is 5.11 Å². The molecule has 3 rings (SSSR count). The van der Waals surface area contributed by atoms with Crippen LogP contribution in [0.5, 0.6) is 0 Å². The standard InChI is InChI=1S/C16H23NO2/c1-12-4-5-13-6-7-16(11-18,15(13)9-12)17-10-14-3-2-8-19-14/h4-5,9,14,17-18H,2-3,6-8,10-11H2,1H3. The van der Waals surface area contributed by atoms with Crippen LogP contribution >= 0.6 is 0 Å². The molecular weight excluding hydrogens is 238 g/mol. The van der Waals surface area contributed by atoms with Crippen LogP contribution in [-0.2, 0) is 16.7 Å². The lowest BCUT2D eigenvalue weighted by atomic mass is 9.91. The summed E-state index contributed by atoms with van der Waals surface area (Å²) in [6.07, 6.45) is 4.64. The summed E-state index contributed by atoms with van der Waals surface area (Å²) in [5.41, 5.74) is 3.66. The van der Waals surface area contributed by atoms with E-state index < -0.39 is 0 Å². The summed E-state index contributed by atoms with van der Waals surface area (Å²) in [5, 5.41) is 13.5. The molecule has 0 amide bonds. The van der Waals surface area contributed by atoms with Gasteiger partial charge in [0.15, 0.2) is 0 Å². The van der Waals surface area contributed by atoms with Crippen LogP contribution in [0.2, 0.25) is 0 Å². The van der Waals surface area contributed by atoms with Gasteiger partial charge in [0, 0.05) is 13.2 Å². The van der Waals surface area contributed by atoms with Crippen molar-refractivity contribution >= 4 is 0 Å². The smallest absolute Gasteiger partial charge is 0.0700 e. The molecule has 0 aromatic heterocycles. The van der Waals surface area contributed by atoms with Crippen molar-refractivity contribution in [2.75, 3.05) is 19.8 Å². The third-order valence-corrected chi connectivity index (χ3v) is 4.56. The molecule has 19 heavy (non-hydrogen) atoms. The minimum atomic E-state index is -0.257. The molecule has 0 saturated carbocycles. The summed E-state index contributed by atoms with van der Waals surface area (Å²) in [6, 6.07) is 6.59. The van der Waals surface area contributed by atoms with Gasteiger partial charge < -0.3 is 15.2 Å². The Hall–Kier alpha value is -0.900. The molecule has 0 radical (unpaired) electrons. The summed E-state index contributed by atoms with van der Waals surface area (Å²) in [6.45, 7) is 4.00. The Labute approximate surface area is 115 Å². The molecule has 1 aromatic rings. The number of aliphatic hydroxyl groups is 1. The molecule has 0 spiro atoms. The van der Waals surface area contributed by atoms with Crippen molar-refractivity contribution in [2.24, 2.45) is 0 Å². The summed E-state index contributed by atoms with van der Waals surface area (Å²) in [7, 11) is 0. The number of hydrogen-bond donors (Lipinski definition) is 2. The van der Waals surface area contributed by atoms with Crippen molar-refractivity contribution in [3.63, 3.8) is 0 Å². The summed E-state index contributed by atoms with van der Waals surface area (Å²) < 4.78 is 5.67. The maximum Gasteiger partial charge on any atom is 0.0700 e. The molecule has 0 bridgehead atoms. The average Bonchev–Trinajstić information content (AvgIpc) is 3.04. The van der Waals surface area contributed by atoms with Gasteiger partial charge in [0.25, 0.3) is 0 Å². The molecule has 3 heteroatoms. The van der Waals surface area contributed by atoms with Gasteiger partial charge in [-0.15, -0.1) is 0 Å². The van der Waals surface area contributed by atoms with Gasteiger partial charge >= 0.3 is 0 Å². The molecule has 2 unspecified atom stereocenters. The third-order valence-electron chi connectivity index (χ3n) is 4.56. The van der Waals surface area contributed by atoms with Gasteiger partial charge in [-0.1, -0.05) is 23.8 Å². The fourth-order valence-electron chi connectivity index (χ4n) is 3.35. The molecule has 1 heterocycles. The lowest BCUT2D eigenvalue weighted by Gasteiger charge is -2.31. The third kappa shape index (κ3) is 2.42. The van der Waals surface area contributed by atoms with Crippen LogP contribution < -0.4 is 5.32 Å². The van der Waals surface area contributed by atoms with Gasteiger partial charge in [0.05, 0.1) is 18.2 Å². The first-order valence-corrected chi connectivity index (χ1v) is 7.31. The normalized spacial score (nSPS) is 29.7. The Balaban J connectivity index is 1.78. The van der Waals surface area contributed by atoms with Crippen LogP contribution in [0.25, 0.3) is 0 Å². The fraction of sp³-hybridized carbons (Fsp3) is 0.625. The molecular formula is C16H23NO2. The van der Waals surface area contributed by atoms with Crippen molar-refractivity contribution in [1.29, 1.82) is 0 Å². The Morgan fingerprint density at radius 2 is 2.37 bits per heavy atom. The van der Waals surface area contributed by atoms with Crippen molar-refractivity contribution < 1.29 is 9.84 Å². The second-order valence-corrected chi connectivity index (χ2v) is 5.92. The monoisotopic (exact) mass is 261 g/mol. The molecule has 1 fully saturated rings. The Morgan fingerprint density at radius 3 is 3.11 bits per heavy atom. The van der Waals surface area contributed by atoms with Crippen LogP contribution in [0.4, 0.5) is 0 Å². The maximum absolute atomic E-state index is 9.92. The predicted octanol–water partition coefficient (Wildman–Crippen LogP) is 1.90. The quantitative estimate of drug-likeness (QED) is 0.870. The van der Waals surface area contributed by atoms with Gasteiger partial charge in [-0.3, -0.25) is 0 Å². The van der Waals surface area contributed by atoms with Gasteiger partial charge in [0.2, 0.25) is 0 Å². The van der Waals surface area contributed by atoms with E-state index in [0.717, 1.165) is 38.8 Å². The first-order valence-electron chi connectivity index (χ1n) is 7.31. The SMILES string of the molecule is Cc1ccc2c(c1)C(CO)(NCC1CCCO1)CC2. The highest BCUT2D eigenvalue weighted by Gasteiger charge is 2.38. The molecule has 3 nitrogen and oxygen atoms in total. The number of hydrogen-bond acceptors (Lipinski definition) is 3. The zero-order chi connectivity index (χ0) is 13.3. The number of aryl methyl sites for hydroxylation is 2. The lowest BCUT2D eigenvalue weighted by Crippen LogP contribution is -2.47. The number of aliphatic hydroxyl groups excluding tert-OH is 1. The number of benzene rings is 1. The number of fused-ring (bicyclic) bond motifs is 1. The van der Waals surface area contributed by atoms with Crippen molar-refractivity contribution in [2.45, 2.75) is 44.2 Å². The molecule has 2 atom stereocenters. The van der Waals surface area contributed by atoms with Crippen molar-refractivity contribution in [3.05, 3.63) is 34.9 Å². The van der Waals surface area contributed by atoms with Crippen molar-refractivity contribution in [3.8, 4) is 0 Å². The second-order valence-electron chi connectivity index (χ2n) is 5.92. The zero-order valence-electron chi connectivity index (χ0n) is 11.6. The largest absolute Gasteiger partial charge is 0.394 e. The van der Waals surface area contributed by atoms with Gasteiger partial charge in [0.1, 0.15) is 0 Å². The molecule has 1 aliphatic heterocycles. The van der Waals surface area contributed by atoms with Gasteiger partial charge in [-0.05, 0) is 43.7 Å². The first-order chi connectivity index (χ1) is 9.23. The van der Waals surface area contributed by atoms with Gasteiger partial charge in [-0.25, -0.2) is 0 Å². The maximum atomic E-state index is 9.92. The summed E-state index contributed by atoms with van der Waals surface area (Å²) in [4.78, 5) is 0. The van der Waals surface area contributed by atoms with Crippen LogP contribution in [0.15, 0.2) is 18.2 Å². The topological polar surface area (TPSA) is 41.5 Å². The summed E-state index contributed by atoms with van der Waals surface area (Å²) in [5.74, 6) is 0. The van der Waals surface area contributed by atoms with Crippen LogP contribution in [0.3, 0.4) is 0 Å². The molecule has 104 valence electrons. The highest BCUT2D eigenvalue weighted by Crippen LogP contribution is 2.37. The van der Waals surface area contributed by atoms with Crippen LogP contribution in [0, 0.1) is 6.92 Å². The average molecular weight is 261 g/mol. The van der Waals surface area contributed by atoms with E-state index in [-0.39, 0.29) is 12.1 Å². The van der Waals surface area contributed by atoms with E-state index in [1.807, 2.05) is 0 Å². The number of rotatable bonds is 4. The van der Waals surface area contributed by atoms with E-state index in [2.05, 4.69) is 30.4 Å². The van der Waals surface area contributed by atoms with E-state index in [0.29, 0.717) is 6.10 Å². The van der Waals surface area contributed by atoms with E-state index in [1.165, 1.54) is 16.7 Å². The first kappa shape index (κ1) is 13.1. The fourth-order valence-corrected chi connectivity index (χ4v) is 3.35. The highest BCUT2D eigenvalue weighted by molar-refractivity contribution is 5.41. The minimum Gasteiger partial charge on any atom is -0.394 e. The predicted molar refractivity (Wildman–Crippen MR) is 75.2 cm³/mol. The number of nitrogens with one attached hydrogen (secondary N) is 1. The van der Waals surface area contributed by atoms with E-state index in [1.54, 1.807) is 0 Å². The zero-order valence-corrected chi connectivity index (χ0v) is 11.6. The lowest BCUT2D eigenvalue weighted by molar-refractivity contribution is 0.0872. The van der Waals surface area contributed by atoms with E-state index in [4.69, 9.17) is 4.74 Å². The van der Waals surface area contributed by atoms with Crippen LogP contribution in [-0.4, -0.2) is 31.0 Å². The van der Waals surface area contributed by atoms with E-state index >= 15 is 0 Å². The molecule has 2 aliphatic rings. The van der Waals surface area contributed by atoms with Crippen LogP contribution in [0.1, 0.15) is 36.0 Å². The Kier molecular flexibility index (Phi) is 3.61. The molecule has 1 saturated heterocycles. The Bertz CT molecular complexity index is 454. The second kappa shape index (κ2) is 5.23. The Morgan fingerprint density at radius 1 is 1.47 bits per heavy atom.